The fourth-order valence-corrected chi connectivity index (χ4v) is 1.63. The number of carbonyl (C=O) groups excluding carboxylic acids is 3. The first kappa shape index (κ1) is 19.4. The van der Waals surface area contributed by atoms with E-state index in [1.54, 1.807) is 38.4 Å². The summed E-state index contributed by atoms with van der Waals surface area (Å²) in [5.41, 5.74) is 0.440. The number of hydrogen-bond donors (Lipinski definition) is 0. The summed E-state index contributed by atoms with van der Waals surface area (Å²) >= 11 is 0. The highest BCUT2D eigenvalue weighted by Crippen LogP contribution is 2.17. The van der Waals surface area contributed by atoms with Gasteiger partial charge in [-0.3, -0.25) is 4.79 Å². The fourth-order valence-electron chi connectivity index (χ4n) is 1.63. The monoisotopic (exact) mass is 335 g/mol. The number of esters is 1. The first-order valence-electron chi connectivity index (χ1n) is 7.23. The summed E-state index contributed by atoms with van der Waals surface area (Å²) in [6.07, 6.45) is 0.867. The van der Waals surface area contributed by atoms with Gasteiger partial charge in [0.05, 0.1) is 6.61 Å². The molecule has 0 bridgehead atoms. The molecular formula is C17H21NO6. The number of nitrogens with zero attached hydrogens (tertiary/aromatic N) is 1. The number of Topliss-reactive ketones (excluding diaryl/α,β-unsaturated/α-hetero) is 1. The highest BCUT2D eigenvalue weighted by Gasteiger charge is 2.16. The Morgan fingerprint density at radius 3 is 2.46 bits per heavy atom. The smallest absolute Gasteiger partial charge is 0.414 e. The third kappa shape index (κ3) is 6.21. The summed E-state index contributed by atoms with van der Waals surface area (Å²) in [7, 11) is 4.61. The lowest BCUT2D eigenvalue weighted by Gasteiger charge is -2.11. The maximum Gasteiger partial charge on any atom is 0.414 e. The molecule has 0 fully saturated rings. The summed E-state index contributed by atoms with van der Waals surface area (Å²) in [5, 5.41) is 0. The van der Waals surface area contributed by atoms with E-state index in [9.17, 15) is 14.4 Å². The number of amides is 1. The Morgan fingerprint density at radius 2 is 1.88 bits per heavy atom. The van der Waals surface area contributed by atoms with Gasteiger partial charge in [-0.1, -0.05) is 12.1 Å². The predicted octanol–water partition coefficient (Wildman–Crippen LogP) is 1.91. The molecule has 0 aliphatic rings. The number of rotatable bonds is 7. The Kier molecular flexibility index (Phi) is 7.64. The van der Waals surface area contributed by atoms with Crippen molar-refractivity contribution in [3.05, 3.63) is 35.4 Å². The van der Waals surface area contributed by atoms with Crippen molar-refractivity contribution in [3.63, 3.8) is 0 Å². The molecule has 130 valence electrons. The van der Waals surface area contributed by atoms with E-state index < -0.39 is 17.8 Å². The zero-order valence-corrected chi connectivity index (χ0v) is 14.2. The van der Waals surface area contributed by atoms with Gasteiger partial charge < -0.3 is 19.1 Å². The van der Waals surface area contributed by atoms with Crippen LogP contribution in [-0.4, -0.2) is 57.2 Å². The third-order valence-electron chi connectivity index (χ3n) is 2.86. The molecule has 0 saturated carbocycles. The topological polar surface area (TPSA) is 82.1 Å². The second-order valence-corrected chi connectivity index (χ2v) is 5.08. The Bertz CT molecular complexity index is 636. The number of methoxy groups -OCH3 is 1. The van der Waals surface area contributed by atoms with Crippen LogP contribution in [-0.2, 0) is 19.1 Å². The largest absolute Gasteiger partial charge is 0.460 e. The molecule has 0 N–H and O–H groups in total. The first-order chi connectivity index (χ1) is 11.3. The molecule has 1 aromatic carbocycles. The van der Waals surface area contributed by atoms with Crippen LogP contribution in [0.2, 0.25) is 0 Å². The summed E-state index contributed by atoms with van der Waals surface area (Å²) in [6, 6.07) is 6.48. The minimum absolute atomic E-state index is 0.0560. The van der Waals surface area contributed by atoms with Crippen LogP contribution in [0.4, 0.5) is 4.79 Å². The summed E-state index contributed by atoms with van der Waals surface area (Å²) in [6.45, 7) is 1.58. The normalized spacial score (nSPS) is 10.9. The van der Waals surface area contributed by atoms with Gasteiger partial charge in [0.2, 0.25) is 0 Å². The van der Waals surface area contributed by atoms with E-state index >= 15 is 0 Å². The molecule has 0 unspecified atom stereocenters. The third-order valence-corrected chi connectivity index (χ3v) is 2.86. The molecule has 0 heterocycles. The predicted molar refractivity (Wildman–Crippen MR) is 87.6 cm³/mol. The molecule has 0 aliphatic heterocycles. The van der Waals surface area contributed by atoms with Crippen LogP contribution >= 0.6 is 0 Å². The van der Waals surface area contributed by atoms with Gasteiger partial charge in [-0.05, 0) is 30.7 Å². The second-order valence-electron chi connectivity index (χ2n) is 5.08. The van der Waals surface area contributed by atoms with Crippen LogP contribution in [0.15, 0.2) is 29.8 Å². The second kappa shape index (κ2) is 9.46. The van der Waals surface area contributed by atoms with E-state index in [1.165, 1.54) is 25.0 Å². The first-order valence-corrected chi connectivity index (χ1v) is 7.23. The SMILES string of the molecule is COCCOC(=O)/C(=C/c1cccc(OC(=O)N(C)C)c1)C(C)=O. The molecule has 0 spiro atoms. The van der Waals surface area contributed by atoms with Gasteiger partial charge in [-0.25, -0.2) is 9.59 Å². The van der Waals surface area contributed by atoms with Crippen molar-refractivity contribution in [3.8, 4) is 5.75 Å². The van der Waals surface area contributed by atoms with Crippen LogP contribution in [0.3, 0.4) is 0 Å². The molecule has 0 radical (unpaired) electrons. The molecule has 24 heavy (non-hydrogen) atoms. The molecule has 0 aromatic heterocycles. The van der Waals surface area contributed by atoms with E-state index in [4.69, 9.17) is 14.2 Å². The number of benzene rings is 1. The van der Waals surface area contributed by atoms with Crippen molar-refractivity contribution in [2.75, 3.05) is 34.4 Å². The molecule has 0 aliphatic carbocycles. The van der Waals surface area contributed by atoms with E-state index in [0.717, 1.165) is 0 Å². The zero-order chi connectivity index (χ0) is 18.1. The number of ether oxygens (including phenoxy) is 3. The van der Waals surface area contributed by atoms with Gasteiger partial charge in [0.15, 0.2) is 5.78 Å². The Labute approximate surface area is 140 Å². The van der Waals surface area contributed by atoms with E-state index in [-0.39, 0.29) is 18.8 Å². The lowest BCUT2D eigenvalue weighted by atomic mass is 10.1. The van der Waals surface area contributed by atoms with Crippen LogP contribution in [0, 0.1) is 0 Å². The highest BCUT2D eigenvalue weighted by atomic mass is 16.6. The summed E-state index contributed by atoms with van der Waals surface area (Å²) in [4.78, 5) is 36.5. The molecule has 0 saturated heterocycles. The molecule has 1 aromatic rings. The summed E-state index contributed by atoms with van der Waals surface area (Å²) < 4.78 is 14.9. The van der Waals surface area contributed by atoms with Crippen molar-refractivity contribution in [2.45, 2.75) is 6.92 Å². The average Bonchev–Trinajstić information content (AvgIpc) is 2.52. The lowest BCUT2D eigenvalue weighted by molar-refractivity contribution is -0.141. The van der Waals surface area contributed by atoms with Gasteiger partial charge in [0, 0.05) is 21.2 Å². The zero-order valence-electron chi connectivity index (χ0n) is 14.2. The van der Waals surface area contributed by atoms with Crippen molar-refractivity contribution in [2.24, 2.45) is 0 Å². The Balaban J connectivity index is 2.96. The van der Waals surface area contributed by atoms with E-state index in [1.807, 2.05) is 0 Å². The molecule has 1 amide bonds. The number of hydrogen-bond acceptors (Lipinski definition) is 6. The Morgan fingerprint density at radius 1 is 1.17 bits per heavy atom. The van der Waals surface area contributed by atoms with Gasteiger partial charge >= 0.3 is 12.1 Å². The number of carbonyl (C=O) groups is 3. The van der Waals surface area contributed by atoms with Crippen LogP contribution in [0.25, 0.3) is 6.08 Å². The quantitative estimate of drug-likeness (QED) is 0.249. The van der Waals surface area contributed by atoms with Gasteiger partial charge in [0.1, 0.15) is 17.9 Å². The molecule has 7 heteroatoms. The summed E-state index contributed by atoms with van der Waals surface area (Å²) in [5.74, 6) is -0.846. The minimum atomic E-state index is -0.727. The highest BCUT2D eigenvalue weighted by molar-refractivity contribution is 6.19. The standard InChI is InChI=1S/C17H21NO6/c1-12(19)15(16(20)23-9-8-22-4)11-13-6-5-7-14(10-13)24-17(21)18(2)3/h5-7,10-11H,8-9H2,1-4H3/b15-11+. The van der Waals surface area contributed by atoms with Crippen LogP contribution in [0.5, 0.6) is 5.75 Å². The van der Waals surface area contributed by atoms with Gasteiger partial charge in [-0.2, -0.15) is 0 Å². The average molecular weight is 335 g/mol. The molecule has 7 nitrogen and oxygen atoms in total. The molecule has 1 rings (SSSR count). The maximum absolute atomic E-state index is 12.0. The van der Waals surface area contributed by atoms with Gasteiger partial charge in [-0.15, -0.1) is 0 Å². The van der Waals surface area contributed by atoms with Gasteiger partial charge in [0.25, 0.3) is 0 Å². The minimum Gasteiger partial charge on any atom is -0.460 e. The van der Waals surface area contributed by atoms with E-state index in [0.29, 0.717) is 11.3 Å². The van der Waals surface area contributed by atoms with Crippen LogP contribution in [0.1, 0.15) is 12.5 Å². The van der Waals surface area contributed by atoms with Crippen molar-refractivity contribution in [1.82, 2.24) is 4.90 Å². The van der Waals surface area contributed by atoms with Crippen LogP contribution < -0.4 is 4.74 Å². The van der Waals surface area contributed by atoms with Crippen molar-refractivity contribution < 1.29 is 28.6 Å². The molecular weight excluding hydrogens is 314 g/mol. The maximum atomic E-state index is 12.0. The van der Waals surface area contributed by atoms with Crippen molar-refractivity contribution >= 4 is 23.9 Å². The van der Waals surface area contributed by atoms with Crippen molar-refractivity contribution in [1.29, 1.82) is 0 Å². The van der Waals surface area contributed by atoms with E-state index in [2.05, 4.69) is 0 Å². The number of ketones is 1. The Hall–Kier alpha value is -2.67. The molecule has 0 atom stereocenters. The lowest BCUT2D eigenvalue weighted by Crippen LogP contribution is -2.25. The fraction of sp³-hybridized carbons (Fsp3) is 0.353.